The van der Waals surface area contributed by atoms with Gasteiger partial charge in [-0.2, -0.15) is 0 Å². The average Bonchev–Trinajstić information content (AvgIpc) is 2.91. The lowest BCUT2D eigenvalue weighted by molar-refractivity contribution is 0.588. The first-order valence-corrected chi connectivity index (χ1v) is 9.84. The molecule has 26 heavy (non-hydrogen) atoms. The average molecular weight is 393 g/mol. The molecule has 4 rings (SSSR count). The molecule has 0 unspecified atom stereocenters. The fourth-order valence-corrected chi connectivity index (χ4v) is 4.55. The molecule has 0 spiro atoms. The largest absolute Gasteiger partial charge is 0.368 e. The van der Waals surface area contributed by atoms with Crippen LogP contribution in [0.25, 0.3) is 11.0 Å². The van der Waals surface area contributed by atoms with E-state index in [1.54, 1.807) is 30.3 Å². The zero-order valence-electron chi connectivity index (χ0n) is 14.2. The van der Waals surface area contributed by atoms with Crippen molar-refractivity contribution in [2.45, 2.75) is 11.3 Å². The first kappa shape index (κ1) is 18.7. The van der Waals surface area contributed by atoms with Gasteiger partial charge in [-0.3, -0.25) is 0 Å². The summed E-state index contributed by atoms with van der Waals surface area (Å²) in [5, 5.41) is 3.38. The van der Waals surface area contributed by atoms with Gasteiger partial charge in [-0.05, 0) is 37.2 Å². The van der Waals surface area contributed by atoms with Crippen molar-refractivity contribution < 1.29 is 8.42 Å². The molecule has 0 amide bonds. The SMILES string of the molecule is Cl.O=S(=O)(c1ccccc1)n1cnc2c(N3CCCNCC3)cccc21. The number of imidazole rings is 1. The van der Waals surface area contributed by atoms with E-state index in [0.717, 1.165) is 43.8 Å². The minimum Gasteiger partial charge on any atom is -0.368 e. The second kappa shape index (κ2) is 7.65. The lowest BCUT2D eigenvalue weighted by atomic mass is 10.2. The molecule has 3 aromatic rings. The van der Waals surface area contributed by atoms with Crippen LogP contribution in [0.4, 0.5) is 5.69 Å². The van der Waals surface area contributed by atoms with Crippen molar-refractivity contribution in [3.05, 3.63) is 54.9 Å². The van der Waals surface area contributed by atoms with E-state index in [9.17, 15) is 8.42 Å². The van der Waals surface area contributed by atoms with Gasteiger partial charge in [0.1, 0.15) is 11.8 Å². The van der Waals surface area contributed by atoms with E-state index in [1.165, 1.54) is 10.3 Å². The Morgan fingerprint density at radius 3 is 2.58 bits per heavy atom. The van der Waals surface area contributed by atoms with Crippen molar-refractivity contribution in [3.8, 4) is 0 Å². The monoisotopic (exact) mass is 392 g/mol. The number of para-hydroxylation sites is 1. The van der Waals surface area contributed by atoms with Crippen LogP contribution in [0.5, 0.6) is 0 Å². The summed E-state index contributed by atoms with van der Waals surface area (Å²) >= 11 is 0. The maximum atomic E-state index is 13.0. The van der Waals surface area contributed by atoms with Gasteiger partial charge in [0.2, 0.25) is 0 Å². The molecule has 1 fully saturated rings. The van der Waals surface area contributed by atoms with Gasteiger partial charge in [0.25, 0.3) is 10.0 Å². The third-order valence-electron chi connectivity index (χ3n) is 4.50. The van der Waals surface area contributed by atoms with Gasteiger partial charge in [0.05, 0.1) is 16.1 Å². The van der Waals surface area contributed by atoms with Crippen LogP contribution in [-0.2, 0) is 10.0 Å². The van der Waals surface area contributed by atoms with Crippen molar-refractivity contribution in [3.63, 3.8) is 0 Å². The molecule has 138 valence electrons. The molecule has 1 N–H and O–H groups in total. The van der Waals surface area contributed by atoms with Crippen LogP contribution in [0.3, 0.4) is 0 Å². The summed E-state index contributed by atoms with van der Waals surface area (Å²) in [6.07, 6.45) is 2.46. The standard InChI is InChI=1S/C18H20N4O2S.ClH/c23-25(24,15-6-2-1-3-7-15)22-14-20-18-16(8-4-9-17(18)22)21-12-5-10-19-11-13-21;/h1-4,6-9,14,19H,5,10-13H2;1H. The molecule has 1 aromatic heterocycles. The van der Waals surface area contributed by atoms with Crippen LogP contribution in [-0.4, -0.2) is 43.6 Å². The van der Waals surface area contributed by atoms with Gasteiger partial charge in [0.15, 0.2) is 0 Å². The molecule has 0 radical (unpaired) electrons. The minimum atomic E-state index is -3.65. The number of nitrogens with zero attached hydrogens (tertiary/aromatic N) is 3. The second-order valence-corrected chi connectivity index (χ2v) is 7.91. The lowest BCUT2D eigenvalue weighted by Crippen LogP contribution is -2.28. The Labute approximate surface area is 159 Å². The molecule has 1 aliphatic rings. The highest BCUT2D eigenvalue weighted by molar-refractivity contribution is 7.90. The fourth-order valence-electron chi connectivity index (χ4n) is 3.24. The number of fused-ring (bicyclic) bond motifs is 1. The summed E-state index contributed by atoms with van der Waals surface area (Å²) in [5.74, 6) is 0. The fraction of sp³-hybridized carbons (Fsp3) is 0.278. The zero-order chi connectivity index (χ0) is 17.3. The van der Waals surface area contributed by atoms with Gasteiger partial charge in [-0.15, -0.1) is 12.4 Å². The molecular formula is C18H21ClN4O2S. The Hall–Kier alpha value is -2.09. The summed E-state index contributed by atoms with van der Waals surface area (Å²) in [5.41, 5.74) is 2.32. The number of hydrogen-bond donors (Lipinski definition) is 1. The number of nitrogens with one attached hydrogen (secondary N) is 1. The highest BCUT2D eigenvalue weighted by Crippen LogP contribution is 2.28. The van der Waals surface area contributed by atoms with Gasteiger partial charge >= 0.3 is 0 Å². The number of rotatable bonds is 3. The van der Waals surface area contributed by atoms with Crippen molar-refractivity contribution in [1.29, 1.82) is 0 Å². The second-order valence-electron chi connectivity index (χ2n) is 6.09. The Bertz CT molecular complexity index is 981. The zero-order valence-corrected chi connectivity index (χ0v) is 15.8. The highest BCUT2D eigenvalue weighted by Gasteiger charge is 2.21. The molecule has 6 nitrogen and oxygen atoms in total. The predicted molar refractivity (Wildman–Crippen MR) is 106 cm³/mol. The Balaban J connectivity index is 0.00000196. The number of benzene rings is 2. The summed E-state index contributed by atoms with van der Waals surface area (Å²) in [4.78, 5) is 6.97. The number of aromatic nitrogens is 2. The van der Waals surface area contributed by atoms with Crippen LogP contribution in [0.15, 0.2) is 59.8 Å². The van der Waals surface area contributed by atoms with E-state index in [-0.39, 0.29) is 17.3 Å². The summed E-state index contributed by atoms with van der Waals surface area (Å²) < 4.78 is 27.2. The van der Waals surface area contributed by atoms with E-state index in [0.29, 0.717) is 5.52 Å². The van der Waals surface area contributed by atoms with E-state index < -0.39 is 10.0 Å². The van der Waals surface area contributed by atoms with Crippen molar-refractivity contribution >= 4 is 39.2 Å². The molecule has 0 atom stereocenters. The summed E-state index contributed by atoms with van der Waals surface area (Å²) in [6, 6.07) is 14.2. The van der Waals surface area contributed by atoms with Crippen LogP contribution in [0.1, 0.15) is 6.42 Å². The lowest BCUT2D eigenvalue weighted by Gasteiger charge is -2.22. The minimum absolute atomic E-state index is 0. The first-order valence-electron chi connectivity index (χ1n) is 8.40. The van der Waals surface area contributed by atoms with Crippen LogP contribution < -0.4 is 10.2 Å². The number of hydrogen-bond acceptors (Lipinski definition) is 5. The van der Waals surface area contributed by atoms with Gasteiger partial charge in [0, 0.05) is 19.6 Å². The van der Waals surface area contributed by atoms with Crippen molar-refractivity contribution in [2.75, 3.05) is 31.1 Å². The number of halogens is 1. The molecule has 1 saturated heterocycles. The van der Waals surface area contributed by atoms with Crippen molar-refractivity contribution in [1.82, 2.24) is 14.3 Å². The topological polar surface area (TPSA) is 67.2 Å². The number of anilines is 1. The quantitative estimate of drug-likeness (QED) is 0.741. The van der Waals surface area contributed by atoms with Gasteiger partial charge in [-0.1, -0.05) is 24.3 Å². The van der Waals surface area contributed by atoms with E-state index in [2.05, 4.69) is 15.2 Å². The van der Waals surface area contributed by atoms with Crippen LogP contribution >= 0.6 is 12.4 Å². The third-order valence-corrected chi connectivity index (χ3v) is 6.18. The smallest absolute Gasteiger partial charge is 0.269 e. The van der Waals surface area contributed by atoms with E-state index >= 15 is 0 Å². The Morgan fingerprint density at radius 2 is 1.77 bits per heavy atom. The highest BCUT2D eigenvalue weighted by atomic mass is 35.5. The summed E-state index contributed by atoms with van der Waals surface area (Å²) in [6.45, 7) is 3.74. The third kappa shape index (κ3) is 3.30. The summed E-state index contributed by atoms with van der Waals surface area (Å²) in [7, 11) is -3.65. The molecule has 8 heteroatoms. The Kier molecular flexibility index (Phi) is 5.50. The molecule has 0 bridgehead atoms. The van der Waals surface area contributed by atoms with Crippen LogP contribution in [0, 0.1) is 0 Å². The first-order chi connectivity index (χ1) is 12.2. The maximum absolute atomic E-state index is 13.0. The van der Waals surface area contributed by atoms with Gasteiger partial charge in [-0.25, -0.2) is 17.4 Å². The molecule has 0 saturated carbocycles. The van der Waals surface area contributed by atoms with E-state index in [1.807, 2.05) is 18.2 Å². The predicted octanol–water partition coefficient (Wildman–Crippen LogP) is 2.49. The molecule has 2 heterocycles. The van der Waals surface area contributed by atoms with Crippen LogP contribution in [0.2, 0.25) is 0 Å². The molecule has 2 aromatic carbocycles. The normalized spacial score (nSPS) is 15.5. The van der Waals surface area contributed by atoms with Gasteiger partial charge < -0.3 is 10.2 Å². The molecule has 0 aliphatic carbocycles. The van der Waals surface area contributed by atoms with E-state index in [4.69, 9.17) is 0 Å². The maximum Gasteiger partial charge on any atom is 0.269 e. The molecule has 1 aliphatic heterocycles. The molecular weight excluding hydrogens is 372 g/mol. The Morgan fingerprint density at radius 1 is 0.962 bits per heavy atom. The van der Waals surface area contributed by atoms with Crippen molar-refractivity contribution in [2.24, 2.45) is 0 Å².